The van der Waals surface area contributed by atoms with Gasteiger partial charge in [-0.1, -0.05) is 146 Å². The molecule has 0 atom stereocenters. The maximum absolute atomic E-state index is 9.11. The Kier molecular flexibility index (Phi) is 30.6. The summed E-state index contributed by atoms with van der Waals surface area (Å²) in [5.41, 5.74) is 16.2. The molecule has 0 aliphatic rings. The first-order chi connectivity index (χ1) is 20.0. The molecule has 0 spiro atoms. The van der Waals surface area contributed by atoms with Crippen molar-refractivity contribution in [3.63, 3.8) is 0 Å². The molecule has 0 aromatic heterocycles. The molecule has 0 fully saturated rings. The number of hydrogen-bond donors (Lipinski definition) is 0. The standard InChI is InChI=1S/C27H34N2.2C6H13.Pd/c1-4-6-8-9-11-24(21-29-28)20-27(25-16-12-22(3)13-17-25)26-18-14-23(15-19-26)10-7-5-2;2*1-3-5-6-4-2;/h12-20H,4-11H2,1-3H3;2*1,3-6H2,2H3;/q;2*-1;+2. The van der Waals surface area contributed by atoms with E-state index in [1.807, 2.05) is 0 Å². The summed E-state index contributed by atoms with van der Waals surface area (Å²) >= 11 is 0. The van der Waals surface area contributed by atoms with E-state index in [9.17, 15) is 0 Å². The smallest absolute Gasteiger partial charge is 0.348 e. The van der Waals surface area contributed by atoms with Gasteiger partial charge in [0.25, 0.3) is 0 Å². The summed E-state index contributed by atoms with van der Waals surface area (Å²) in [6, 6.07) is 17.5. The second kappa shape index (κ2) is 30.5. The number of hydrogen-bond acceptors (Lipinski definition) is 0. The fourth-order valence-corrected chi connectivity index (χ4v) is 4.29. The first-order valence-corrected chi connectivity index (χ1v) is 16.4. The Morgan fingerprint density at radius 2 is 1.17 bits per heavy atom. The van der Waals surface area contributed by atoms with Crippen molar-refractivity contribution in [2.45, 2.75) is 137 Å². The van der Waals surface area contributed by atoms with Crippen LogP contribution in [0.2, 0.25) is 0 Å². The average Bonchev–Trinajstić information content (AvgIpc) is 3.00. The molecule has 0 radical (unpaired) electrons. The minimum atomic E-state index is 0. The molecular weight excluding hydrogens is 603 g/mol. The van der Waals surface area contributed by atoms with Gasteiger partial charge in [-0.15, -0.1) is 4.79 Å². The van der Waals surface area contributed by atoms with Crippen molar-refractivity contribution in [3.8, 4) is 0 Å². The molecule has 42 heavy (non-hydrogen) atoms. The summed E-state index contributed by atoms with van der Waals surface area (Å²) < 4.78 is 0. The van der Waals surface area contributed by atoms with Crippen LogP contribution in [-0.4, -0.2) is 10.7 Å². The second-order valence-electron chi connectivity index (χ2n) is 10.9. The molecule has 0 N–H and O–H groups in total. The zero-order valence-electron chi connectivity index (χ0n) is 27.6. The van der Waals surface area contributed by atoms with Crippen molar-refractivity contribution < 1.29 is 25.2 Å². The van der Waals surface area contributed by atoms with Crippen molar-refractivity contribution in [3.05, 3.63) is 102 Å². The summed E-state index contributed by atoms with van der Waals surface area (Å²) in [5.74, 6) is 2.80. The molecule has 0 bridgehead atoms. The van der Waals surface area contributed by atoms with Gasteiger partial charge in [0.1, 0.15) is 0 Å². The SMILES string of the molecule is CCCCCCC(=C=[N+]=[N-])C=C(c1ccc(C)cc1)c1ccc(CCCC)cc1.[CH2-]CCCCC.[CH2-]CCCCC.[Pd+2]. The molecule has 0 unspecified atom stereocenters. The van der Waals surface area contributed by atoms with E-state index in [0.29, 0.717) is 0 Å². The summed E-state index contributed by atoms with van der Waals surface area (Å²) in [7, 11) is 0. The van der Waals surface area contributed by atoms with Gasteiger partial charge in [0.15, 0.2) is 0 Å². The van der Waals surface area contributed by atoms with Gasteiger partial charge in [-0.2, -0.15) is 12.8 Å². The van der Waals surface area contributed by atoms with Gasteiger partial charge in [-0.3, -0.25) is 0 Å². The summed E-state index contributed by atoms with van der Waals surface area (Å²) in [6.07, 6.45) is 21.4. The molecule has 2 nitrogen and oxygen atoms in total. The van der Waals surface area contributed by atoms with Gasteiger partial charge < -0.3 is 19.4 Å². The number of benzene rings is 2. The number of allylic oxidation sites excluding steroid dienone is 2. The van der Waals surface area contributed by atoms with E-state index in [1.165, 1.54) is 92.9 Å². The van der Waals surface area contributed by atoms with Gasteiger partial charge in [-0.25, -0.2) is 0 Å². The van der Waals surface area contributed by atoms with Crippen LogP contribution in [0.25, 0.3) is 11.1 Å². The monoisotopic (exact) mass is 662 g/mol. The van der Waals surface area contributed by atoms with E-state index in [-0.39, 0.29) is 20.4 Å². The van der Waals surface area contributed by atoms with E-state index in [2.05, 4.69) is 114 Å². The molecule has 0 saturated heterocycles. The molecule has 3 heteroatoms. The molecule has 0 aliphatic carbocycles. The van der Waals surface area contributed by atoms with Gasteiger partial charge in [0.05, 0.1) is 5.57 Å². The zero-order chi connectivity index (χ0) is 30.6. The van der Waals surface area contributed by atoms with Crippen LogP contribution in [0.1, 0.15) is 146 Å². The van der Waals surface area contributed by atoms with Crippen LogP contribution >= 0.6 is 0 Å². The van der Waals surface area contributed by atoms with Crippen molar-refractivity contribution >= 4 is 11.4 Å². The topological polar surface area (TPSA) is 36.4 Å². The predicted molar refractivity (Wildman–Crippen MR) is 183 cm³/mol. The largest absolute Gasteiger partial charge is 2.00 e. The maximum atomic E-state index is 9.11. The summed E-state index contributed by atoms with van der Waals surface area (Å²) in [5, 5.41) is 0. The van der Waals surface area contributed by atoms with Crippen LogP contribution in [0.4, 0.5) is 0 Å². The Morgan fingerprint density at radius 1 is 0.690 bits per heavy atom. The Morgan fingerprint density at radius 3 is 1.60 bits per heavy atom. The Balaban J connectivity index is 0. The number of unbranched alkanes of at least 4 members (excludes halogenated alkanes) is 10. The predicted octanol–water partition coefficient (Wildman–Crippen LogP) is 12.4. The van der Waals surface area contributed by atoms with Crippen molar-refractivity contribution in [2.75, 3.05) is 0 Å². The van der Waals surface area contributed by atoms with Crippen LogP contribution in [0, 0.1) is 20.8 Å². The third kappa shape index (κ3) is 21.7. The van der Waals surface area contributed by atoms with E-state index < -0.39 is 0 Å². The molecule has 0 saturated carbocycles. The second-order valence-corrected chi connectivity index (χ2v) is 10.9. The van der Waals surface area contributed by atoms with Crippen LogP contribution in [0.5, 0.6) is 0 Å². The van der Waals surface area contributed by atoms with Crippen LogP contribution in [0.3, 0.4) is 0 Å². The summed E-state index contributed by atoms with van der Waals surface area (Å²) in [4.78, 5) is 3.21. The van der Waals surface area contributed by atoms with Crippen LogP contribution in [0.15, 0.2) is 60.2 Å². The quantitative estimate of drug-likeness (QED) is 0.0307. The summed E-state index contributed by atoms with van der Waals surface area (Å²) in [6.45, 7) is 18.4. The Bertz CT molecular complexity index is 976. The van der Waals surface area contributed by atoms with Crippen molar-refractivity contribution in [1.29, 1.82) is 0 Å². The minimum absolute atomic E-state index is 0. The normalized spacial score (nSPS) is 10.2. The van der Waals surface area contributed by atoms with E-state index in [0.717, 1.165) is 43.3 Å². The minimum Gasteiger partial charge on any atom is -0.348 e. The number of rotatable bonds is 17. The van der Waals surface area contributed by atoms with Crippen LogP contribution < -0.4 is 0 Å². The van der Waals surface area contributed by atoms with Crippen LogP contribution in [-0.2, 0) is 26.8 Å². The number of aryl methyl sites for hydroxylation is 2. The van der Waals surface area contributed by atoms with Gasteiger partial charge in [0, 0.05) is 0 Å². The Labute approximate surface area is 274 Å². The van der Waals surface area contributed by atoms with Crippen molar-refractivity contribution in [1.82, 2.24) is 0 Å². The molecule has 0 heterocycles. The Hall–Kier alpha value is -2.00. The zero-order valence-corrected chi connectivity index (χ0v) is 29.2. The molecule has 0 aliphatic heterocycles. The molecule has 2 rings (SSSR count). The molecular formula is C39H60N2Pd. The third-order valence-corrected chi connectivity index (χ3v) is 6.97. The molecule has 2 aromatic rings. The first-order valence-electron chi connectivity index (χ1n) is 16.4. The fourth-order valence-electron chi connectivity index (χ4n) is 4.29. The van der Waals surface area contributed by atoms with Gasteiger partial charge >= 0.3 is 26.3 Å². The fraction of sp³-hybridized carbons (Fsp3) is 0.538. The van der Waals surface area contributed by atoms with Crippen molar-refractivity contribution in [2.24, 2.45) is 0 Å². The molecule has 0 amide bonds. The van der Waals surface area contributed by atoms with E-state index in [4.69, 9.17) is 5.53 Å². The van der Waals surface area contributed by atoms with E-state index in [1.54, 1.807) is 0 Å². The first kappa shape index (κ1) is 42.1. The number of nitrogens with zero attached hydrogens (tertiary/aromatic N) is 2. The van der Waals surface area contributed by atoms with Gasteiger partial charge in [-0.05, 0) is 60.9 Å². The average molecular weight is 663 g/mol. The maximum Gasteiger partial charge on any atom is 2.00 e. The molecule has 236 valence electrons. The van der Waals surface area contributed by atoms with Gasteiger partial charge in [0.2, 0.25) is 0 Å². The molecule has 2 aromatic carbocycles. The van der Waals surface area contributed by atoms with E-state index >= 15 is 0 Å². The third-order valence-electron chi connectivity index (χ3n) is 6.97.